The number of fused-ring (bicyclic) bond motifs is 1. The van der Waals surface area contributed by atoms with Crippen molar-refractivity contribution in [3.63, 3.8) is 0 Å². The largest absolute Gasteiger partial charge is 0.317 e. The molecule has 0 bridgehead atoms. The fraction of sp³-hybridized carbons (Fsp3) is 0.500. The van der Waals surface area contributed by atoms with Crippen molar-refractivity contribution in [3.8, 4) is 6.07 Å². The summed E-state index contributed by atoms with van der Waals surface area (Å²) < 4.78 is 0. The Morgan fingerprint density at radius 3 is 2.53 bits per heavy atom. The molecule has 6 heteroatoms. The van der Waals surface area contributed by atoms with Crippen LogP contribution in [-0.2, 0) is 24.2 Å². The number of carbonyl (C=O) groups excluding carboxylic acids is 1. The van der Waals surface area contributed by atoms with E-state index in [0.717, 1.165) is 63.5 Å². The molecule has 1 aromatic carbocycles. The van der Waals surface area contributed by atoms with E-state index in [-0.39, 0.29) is 5.91 Å². The van der Waals surface area contributed by atoms with E-state index in [1.165, 1.54) is 28.8 Å². The van der Waals surface area contributed by atoms with Crippen LogP contribution in [0.2, 0.25) is 0 Å². The molecule has 0 spiro atoms. The van der Waals surface area contributed by atoms with Gasteiger partial charge in [-0.25, -0.2) is 0 Å². The van der Waals surface area contributed by atoms with Crippen LogP contribution in [0, 0.1) is 11.3 Å². The van der Waals surface area contributed by atoms with E-state index >= 15 is 0 Å². The van der Waals surface area contributed by atoms with Crippen LogP contribution in [0.4, 0.5) is 5.00 Å². The topological polar surface area (TPSA) is 59.4 Å². The standard InChI is InChI=1S/C24H30N4OS/c25-17-21-20-9-5-2-6-10-22(20)30-24(21)26-23(29)11-12-27-13-15-28(16-14-27)18-19-7-3-1-4-8-19/h1,3-4,7-8H,2,5-6,9-16,18H2,(H,26,29). The minimum absolute atomic E-state index is 0.0228. The first-order valence-electron chi connectivity index (χ1n) is 11.1. The van der Waals surface area contributed by atoms with E-state index in [1.807, 2.05) is 0 Å². The van der Waals surface area contributed by atoms with Crippen molar-refractivity contribution in [2.45, 2.75) is 45.1 Å². The van der Waals surface area contributed by atoms with Gasteiger partial charge in [0.2, 0.25) is 5.91 Å². The number of nitriles is 1. The molecule has 1 saturated heterocycles. The lowest BCUT2D eigenvalue weighted by Gasteiger charge is -2.34. The minimum atomic E-state index is 0.0228. The number of benzene rings is 1. The summed E-state index contributed by atoms with van der Waals surface area (Å²) in [7, 11) is 0. The van der Waals surface area contributed by atoms with Crippen LogP contribution in [-0.4, -0.2) is 48.4 Å². The summed E-state index contributed by atoms with van der Waals surface area (Å²) in [5, 5.41) is 13.4. The normalized spacial score (nSPS) is 17.7. The molecule has 1 N–H and O–H groups in total. The van der Waals surface area contributed by atoms with E-state index < -0.39 is 0 Å². The van der Waals surface area contributed by atoms with Gasteiger partial charge >= 0.3 is 0 Å². The van der Waals surface area contributed by atoms with Gasteiger partial charge in [0.05, 0.1) is 5.56 Å². The number of nitrogens with one attached hydrogen (secondary N) is 1. The Labute approximate surface area is 183 Å². The van der Waals surface area contributed by atoms with Crippen molar-refractivity contribution in [3.05, 3.63) is 51.9 Å². The van der Waals surface area contributed by atoms with E-state index in [4.69, 9.17) is 0 Å². The highest BCUT2D eigenvalue weighted by Crippen LogP contribution is 2.37. The van der Waals surface area contributed by atoms with Crippen molar-refractivity contribution >= 4 is 22.2 Å². The molecule has 1 aliphatic heterocycles. The van der Waals surface area contributed by atoms with Gasteiger partial charge in [0.15, 0.2) is 0 Å². The van der Waals surface area contributed by atoms with Gasteiger partial charge in [0, 0.05) is 50.6 Å². The maximum atomic E-state index is 12.6. The molecule has 1 amide bonds. The third-order valence-electron chi connectivity index (χ3n) is 6.16. The lowest BCUT2D eigenvalue weighted by Crippen LogP contribution is -2.46. The van der Waals surface area contributed by atoms with E-state index in [2.05, 4.69) is 51.5 Å². The Hall–Kier alpha value is -2.20. The van der Waals surface area contributed by atoms with Gasteiger partial charge in [0.25, 0.3) is 0 Å². The lowest BCUT2D eigenvalue weighted by molar-refractivity contribution is -0.116. The fourth-order valence-corrected chi connectivity index (χ4v) is 5.67. The van der Waals surface area contributed by atoms with Gasteiger partial charge < -0.3 is 10.2 Å². The van der Waals surface area contributed by atoms with Crippen LogP contribution < -0.4 is 5.32 Å². The first-order chi connectivity index (χ1) is 14.7. The van der Waals surface area contributed by atoms with Gasteiger partial charge in [-0.3, -0.25) is 9.69 Å². The first kappa shape index (κ1) is 21.0. The second kappa shape index (κ2) is 10.2. The molecule has 0 radical (unpaired) electrons. The highest BCUT2D eigenvalue weighted by molar-refractivity contribution is 7.16. The zero-order valence-corrected chi connectivity index (χ0v) is 18.3. The third kappa shape index (κ3) is 5.28. The summed E-state index contributed by atoms with van der Waals surface area (Å²) >= 11 is 1.62. The predicted octanol–water partition coefficient (Wildman–Crippen LogP) is 4.04. The molecule has 1 aromatic heterocycles. The number of carbonyl (C=O) groups is 1. The summed E-state index contributed by atoms with van der Waals surface area (Å²) in [5.41, 5.74) is 3.25. The summed E-state index contributed by atoms with van der Waals surface area (Å²) in [6.07, 6.45) is 6.04. The average Bonchev–Trinajstić information content (AvgIpc) is 2.92. The first-order valence-corrected chi connectivity index (χ1v) is 11.9. The van der Waals surface area contributed by atoms with Gasteiger partial charge in [-0.05, 0) is 36.8 Å². The summed E-state index contributed by atoms with van der Waals surface area (Å²) in [4.78, 5) is 18.7. The SMILES string of the molecule is N#Cc1c(NC(=O)CCN2CCN(Cc3ccccc3)CC2)sc2c1CCCCC2. The highest BCUT2D eigenvalue weighted by atomic mass is 32.1. The molecule has 2 aromatic rings. The number of hydrogen-bond donors (Lipinski definition) is 1. The molecule has 0 atom stereocenters. The number of aryl methyl sites for hydroxylation is 1. The van der Waals surface area contributed by atoms with Crippen molar-refractivity contribution < 1.29 is 4.79 Å². The quantitative estimate of drug-likeness (QED) is 0.714. The molecule has 0 saturated carbocycles. The molecule has 158 valence electrons. The van der Waals surface area contributed by atoms with Crippen LogP contribution in [0.3, 0.4) is 0 Å². The molecular weight excluding hydrogens is 392 g/mol. The molecule has 2 aliphatic rings. The van der Waals surface area contributed by atoms with Crippen molar-refractivity contribution in [1.29, 1.82) is 5.26 Å². The maximum Gasteiger partial charge on any atom is 0.226 e. The lowest BCUT2D eigenvalue weighted by atomic mass is 10.1. The zero-order valence-electron chi connectivity index (χ0n) is 17.5. The highest BCUT2D eigenvalue weighted by Gasteiger charge is 2.22. The van der Waals surface area contributed by atoms with Gasteiger partial charge in [0.1, 0.15) is 11.1 Å². The van der Waals surface area contributed by atoms with Crippen LogP contribution in [0.5, 0.6) is 0 Å². The van der Waals surface area contributed by atoms with Gasteiger partial charge in [-0.1, -0.05) is 36.8 Å². The Kier molecular flexibility index (Phi) is 7.16. The number of nitrogens with zero attached hydrogens (tertiary/aromatic N) is 3. The Morgan fingerprint density at radius 1 is 1.03 bits per heavy atom. The zero-order chi connectivity index (χ0) is 20.8. The number of anilines is 1. The van der Waals surface area contributed by atoms with Crippen LogP contribution in [0.15, 0.2) is 30.3 Å². The van der Waals surface area contributed by atoms with E-state index in [1.54, 1.807) is 11.3 Å². The number of amides is 1. The van der Waals surface area contributed by atoms with Crippen molar-refractivity contribution in [1.82, 2.24) is 9.80 Å². The Balaban J connectivity index is 1.24. The van der Waals surface area contributed by atoms with Crippen molar-refractivity contribution in [2.75, 3.05) is 38.0 Å². The number of hydrogen-bond acceptors (Lipinski definition) is 5. The van der Waals surface area contributed by atoms with Crippen molar-refractivity contribution in [2.24, 2.45) is 0 Å². The fourth-order valence-electron chi connectivity index (χ4n) is 4.41. The maximum absolute atomic E-state index is 12.6. The molecule has 5 nitrogen and oxygen atoms in total. The van der Waals surface area contributed by atoms with Crippen LogP contribution in [0.1, 0.15) is 47.3 Å². The number of piperazine rings is 1. The molecule has 0 unspecified atom stereocenters. The molecule has 4 rings (SSSR count). The summed E-state index contributed by atoms with van der Waals surface area (Å²) in [6, 6.07) is 12.9. The molecule has 1 fully saturated rings. The van der Waals surface area contributed by atoms with Gasteiger partial charge in [-0.2, -0.15) is 5.26 Å². The summed E-state index contributed by atoms with van der Waals surface area (Å²) in [5.74, 6) is 0.0228. The van der Waals surface area contributed by atoms with E-state index in [0.29, 0.717) is 12.0 Å². The molecule has 1 aliphatic carbocycles. The second-order valence-electron chi connectivity index (χ2n) is 8.28. The Bertz CT molecular complexity index is 894. The second-order valence-corrected chi connectivity index (χ2v) is 9.39. The molecular formula is C24H30N4OS. The van der Waals surface area contributed by atoms with Crippen LogP contribution in [0.25, 0.3) is 0 Å². The Morgan fingerprint density at radius 2 is 1.77 bits per heavy atom. The number of rotatable bonds is 6. The van der Waals surface area contributed by atoms with Gasteiger partial charge in [-0.15, -0.1) is 11.3 Å². The average molecular weight is 423 g/mol. The predicted molar refractivity (Wildman–Crippen MR) is 122 cm³/mol. The molecule has 2 heterocycles. The summed E-state index contributed by atoms with van der Waals surface area (Å²) in [6.45, 7) is 5.83. The smallest absolute Gasteiger partial charge is 0.226 e. The molecule has 30 heavy (non-hydrogen) atoms. The van der Waals surface area contributed by atoms with E-state index in [9.17, 15) is 10.1 Å². The third-order valence-corrected chi connectivity index (χ3v) is 7.36. The van der Waals surface area contributed by atoms with Crippen LogP contribution >= 0.6 is 11.3 Å². The number of thiophene rings is 1. The minimum Gasteiger partial charge on any atom is -0.317 e. The monoisotopic (exact) mass is 422 g/mol.